The number of fused-ring (bicyclic) bond motifs is 1. The van der Waals surface area contributed by atoms with E-state index in [1.165, 1.54) is 30.4 Å². The molecule has 100 valence electrons. The highest BCUT2D eigenvalue weighted by Crippen LogP contribution is 2.29. The Morgan fingerprint density at radius 3 is 2.89 bits per heavy atom. The average Bonchev–Trinajstić information content (AvgIpc) is 2.38. The van der Waals surface area contributed by atoms with Crippen molar-refractivity contribution in [1.29, 1.82) is 0 Å². The van der Waals surface area contributed by atoms with Crippen molar-refractivity contribution in [2.45, 2.75) is 51.7 Å². The van der Waals surface area contributed by atoms with Crippen LogP contribution in [0.15, 0.2) is 24.3 Å². The Hall–Kier alpha value is -0.860. The molecule has 0 radical (unpaired) electrons. The lowest BCUT2D eigenvalue weighted by Gasteiger charge is -2.27. The van der Waals surface area contributed by atoms with Gasteiger partial charge in [0.25, 0.3) is 0 Å². The lowest BCUT2D eigenvalue weighted by Crippen LogP contribution is -2.29. The second kappa shape index (κ2) is 6.35. The quantitative estimate of drug-likeness (QED) is 0.838. The summed E-state index contributed by atoms with van der Waals surface area (Å²) in [5.74, 6) is 0.352. The summed E-state index contributed by atoms with van der Waals surface area (Å²) >= 11 is 0. The van der Waals surface area contributed by atoms with Gasteiger partial charge in [-0.15, -0.1) is 0 Å². The third-order valence-corrected chi connectivity index (χ3v) is 3.97. The van der Waals surface area contributed by atoms with E-state index in [0.29, 0.717) is 12.0 Å². The van der Waals surface area contributed by atoms with Crippen molar-refractivity contribution in [2.75, 3.05) is 6.54 Å². The Labute approximate surface area is 110 Å². The first-order valence-electron chi connectivity index (χ1n) is 7.17. The van der Waals surface area contributed by atoms with E-state index in [0.717, 1.165) is 13.0 Å². The highest BCUT2D eigenvalue weighted by Gasteiger charge is 2.19. The Bertz CT molecular complexity index is 375. The van der Waals surface area contributed by atoms with Crippen LogP contribution in [0.1, 0.15) is 50.3 Å². The maximum absolute atomic E-state index is 9.81. The third-order valence-electron chi connectivity index (χ3n) is 3.97. The minimum atomic E-state index is -0.184. The molecule has 0 saturated heterocycles. The maximum Gasteiger partial charge on any atom is 0.0575 e. The molecular formula is C16H25NO. The van der Waals surface area contributed by atoms with E-state index in [4.69, 9.17) is 0 Å². The predicted molar refractivity (Wildman–Crippen MR) is 75.6 cm³/mol. The normalized spacial score (nSPS) is 20.8. The molecule has 1 aromatic rings. The minimum Gasteiger partial charge on any atom is -0.393 e. The number of rotatable bonds is 5. The summed E-state index contributed by atoms with van der Waals surface area (Å²) < 4.78 is 0. The number of aryl methyl sites for hydroxylation is 1. The summed E-state index contributed by atoms with van der Waals surface area (Å²) in [6.07, 6.45) is 4.35. The Balaban J connectivity index is 1.88. The summed E-state index contributed by atoms with van der Waals surface area (Å²) in [7, 11) is 0. The van der Waals surface area contributed by atoms with Gasteiger partial charge in [0, 0.05) is 6.04 Å². The summed E-state index contributed by atoms with van der Waals surface area (Å²) in [4.78, 5) is 0. The smallest absolute Gasteiger partial charge is 0.0575 e. The van der Waals surface area contributed by atoms with Crippen LogP contribution in [-0.2, 0) is 6.42 Å². The van der Waals surface area contributed by atoms with Gasteiger partial charge in [-0.2, -0.15) is 0 Å². The van der Waals surface area contributed by atoms with E-state index in [-0.39, 0.29) is 6.10 Å². The maximum atomic E-state index is 9.81. The standard InChI is InChI=1S/C16H25NO/c1-12(2)16(18)10-11-17-15-9-5-7-13-6-3-4-8-14(13)15/h3-4,6,8,12,15-18H,5,7,9-11H2,1-2H3. The fraction of sp³-hybridized carbons (Fsp3) is 0.625. The van der Waals surface area contributed by atoms with E-state index < -0.39 is 0 Å². The Morgan fingerprint density at radius 1 is 1.33 bits per heavy atom. The summed E-state index contributed by atoms with van der Waals surface area (Å²) in [5, 5.41) is 13.4. The molecule has 0 fully saturated rings. The van der Waals surface area contributed by atoms with Gasteiger partial charge in [0.05, 0.1) is 6.10 Å². The lowest BCUT2D eigenvalue weighted by molar-refractivity contribution is 0.115. The van der Waals surface area contributed by atoms with E-state index in [1.807, 2.05) is 0 Å². The molecule has 1 aromatic carbocycles. The SMILES string of the molecule is CC(C)C(O)CCNC1CCCc2ccccc21. The predicted octanol–water partition coefficient (Wildman–Crippen LogP) is 3.06. The van der Waals surface area contributed by atoms with Crippen molar-refractivity contribution in [3.8, 4) is 0 Å². The van der Waals surface area contributed by atoms with Gasteiger partial charge in [-0.25, -0.2) is 0 Å². The van der Waals surface area contributed by atoms with Crippen molar-refractivity contribution in [3.63, 3.8) is 0 Å². The van der Waals surface area contributed by atoms with Crippen molar-refractivity contribution in [2.24, 2.45) is 5.92 Å². The first-order chi connectivity index (χ1) is 8.68. The first kappa shape index (κ1) is 13.6. The monoisotopic (exact) mass is 247 g/mol. The number of aliphatic hydroxyl groups excluding tert-OH is 1. The second-order valence-corrected chi connectivity index (χ2v) is 5.70. The second-order valence-electron chi connectivity index (χ2n) is 5.70. The molecule has 2 N–H and O–H groups in total. The van der Waals surface area contributed by atoms with E-state index in [1.54, 1.807) is 0 Å². The first-order valence-corrected chi connectivity index (χ1v) is 7.17. The molecule has 2 atom stereocenters. The highest BCUT2D eigenvalue weighted by atomic mass is 16.3. The third kappa shape index (κ3) is 3.33. The van der Waals surface area contributed by atoms with Gasteiger partial charge < -0.3 is 10.4 Å². The molecule has 1 aliphatic carbocycles. The largest absolute Gasteiger partial charge is 0.393 e. The highest BCUT2D eigenvalue weighted by molar-refractivity contribution is 5.32. The van der Waals surface area contributed by atoms with E-state index in [2.05, 4.69) is 43.4 Å². The van der Waals surface area contributed by atoms with Crippen LogP contribution in [0, 0.1) is 5.92 Å². The fourth-order valence-electron chi connectivity index (χ4n) is 2.70. The molecule has 2 nitrogen and oxygen atoms in total. The topological polar surface area (TPSA) is 32.3 Å². The van der Waals surface area contributed by atoms with Gasteiger partial charge in [0.1, 0.15) is 0 Å². The zero-order valence-corrected chi connectivity index (χ0v) is 11.5. The molecule has 0 aromatic heterocycles. The van der Waals surface area contributed by atoms with Gasteiger partial charge >= 0.3 is 0 Å². The molecule has 0 bridgehead atoms. The molecule has 2 unspecified atom stereocenters. The van der Waals surface area contributed by atoms with Crippen molar-refractivity contribution in [1.82, 2.24) is 5.32 Å². The van der Waals surface area contributed by atoms with Crippen LogP contribution in [-0.4, -0.2) is 17.8 Å². The molecule has 18 heavy (non-hydrogen) atoms. The zero-order valence-electron chi connectivity index (χ0n) is 11.5. The summed E-state index contributed by atoms with van der Waals surface area (Å²) in [6, 6.07) is 9.22. The number of hydrogen-bond acceptors (Lipinski definition) is 2. The number of hydrogen-bond donors (Lipinski definition) is 2. The molecular weight excluding hydrogens is 222 g/mol. The average molecular weight is 247 g/mol. The molecule has 0 spiro atoms. The summed E-state index contributed by atoms with van der Waals surface area (Å²) in [6.45, 7) is 5.04. The molecule has 0 amide bonds. The number of aliphatic hydroxyl groups is 1. The molecule has 0 saturated carbocycles. The van der Waals surface area contributed by atoms with Crippen LogP contribution in [0.5, 0.6) is 0 Å². The molecule has 0 heterocycles. The fourth-order valence-corrected chi connectivity index (χ4v) is 2.70. The van der Waals surface area contributed by atoms with Crippen LogP contribution in [0.2, 0.25) is 0 Å². The van der Waals surface area contributed by atoms with E-state index in [9.17, 15) is 5.11 Å². The van der Waals surface area contributed by atoms with Gasteiger partial charge in [0.2, 0.25) is 0 Å². The van der Waals surface area contributed by atoms with Gasteiger partial charge in [-0.1, -0.05) is 38.1 Å². The van der Waals surface area contributed by atoms with Crippen LogP contribution in [0.3, 0.4) is 0 Å². The van der Waals surface area contributed by atoms with Crippen LogP contribution in [0.25, 0.3) is 0 Å². The number of nitrogens with one attached hydrogen (secondary N) is 1. The van der Waals surface area contributed by atoms with Gasteiger partial charge in [-0.3, -0.25) is 0 Å². The molecule has 1 aliphatic rings. The lowest BCUT2D eigenvalue weighted by atomic mass is 9.87. The molecule has 2 heteroatoms. The summed E-state index contributed by atoms with van der Waals surface area (Å²) in [5.41, 5.74) is 2.95. The van der Waals surface area contributed by atoms with Crippen LogP contribution in [0.4, 0.5) is 0 Å². The van der Waals surface area contributed by atoms with E-state index >= 15 is 0 Å². The Kier molecular flexibility index (Phi) is 4.79. The Morgan fingerprint density at radius 2 is 2.11 bits per heavy atom. The van der Waals surface area contributed by atoms with Gasteiger partial charge in [-0.05, 0) is 49.3 Å². The van der Waals surface area contributed by atoms with Gasteiger partial charge in [0.15, 0.2) is 0 Å². The van der Waals surface area contributed by atoms with Crippen molar-refractivity contribution >= 4 is 0 Å². The van der Waals surface area contributed by atoms with Crippen molar-refractivity contribution < 1.29 is 5.11 Å². The number of benzene rings is 1. The van der Waals surface area contributed by atoms with Crippen molar-refractivity contribution in [3.05, 3.63) is 35.4 Å². The zero-order chi connectivity index (χ0) is 13.0. The molecule has 2 rings (SSSR count). The minimum absolute atomic E-state index is 0.184. The van der Waals surface area contributed by atoms with Crippen LogP contribution >= 0.6 is 0 Å². The van der Waals surface area contributed by atoms with Crippen LogP contribution < -0.4 is 5.32 Å². The molecule has 0 aliphatic heterocycles.